The minimum Gasteiger partial charge on any atom is -0.324 e. The fourth-order valence-corrected chi connectivity index (χ4v) is 2.29. The van der Waals surface area contributed by atoms with E-state index < -0.39 is 7.60 Å². The van der Waals surface area contributed by atoms with Gasteiger partial charge in [-0.1, -0.05) is 22.9 Å². The van der Waals surface area contributed by atoms with Crippen LogP contribution in [-0.4, -0.2) is 20.8 Å². The summed E-state index contributed by atoms with van der Waals surface area (Å²) in [5.41, 5.74) is 0. The molecule has 0 aromatic heterocycles. The number of hydrogen-bond donors (Lipinski definition) is 2. The zero-order chi connectivity index (χ0) is 7.49. The molecular formula is C4H10BrO3P. The molecule has 0 aromatic carbocycles. The molecule has 3 nitrogen and oxygen atoms in total. The Hall–Kier alpha value is 0.630. The maximum absolute atomic E-state index is 10.3. The zero-order valence-corrected chi connectivity index (χ0v) is 7.60. The van der Waals surface area contributed by atoms with Crippen molar-refractivity contribution in [1.82, 2.24) is 0 Å². The topological polar surface area (TPSA) is 57.5 Å². The maximum Gasteiger partial charge on any atom is 0.326 e. The van der Waals surface area contributed by atoms with E-state index in [1.165, 1.54) is 0 Å². The average Bonchev–Trinajstić information content (AvgIpc) is 1.62. The van der Waals surface area contributed by atoms with Gasteiger partial charge in [0.15, 0.2) is 0 Å². The molecule has 0 heterocycles. The molecular weight excluding hydrogens is 207 g/mol. The van der Waals surface area contributed by atoms with Gasteiger partial charge in [0.1, 0.15) is 0 Å². The molecule has 9 heavy (non-hydrogen) atoms. The van der Waals surface area contributed by atoms with E-state index >= 15 is 0 Å². The summed E-state index contributed by atoms with van der Waals surface area (Å²) in [6, 6.07) is 0. The molecule has 0 saturated heterocycles. The van der Waals surface area contributed by atoms with Gasteiger partial charge < -0.3 is 9.79 Å². The standard InChI is InChI=1S/C4H10BrO3P/c1-2-4(5)3-9(6,7)8/h4H,2-3H2,1H3,(H2,6,7,8). The Labute approximate surface area is 62.8 Å². The highest BCUT2D eigenvalue weighted by atomic mass is 79.9. The Balaban J connectivity index is 3.60. The minimum atomic E-state index is -3.79. The van der Waals surface area contributed by atoms with Crippen LogP contribution in [0.1, 0.15) is 13.3 Å². The van der Waals surface area contributed by atoms with E-state index in [1.54, 1.807) is 0 Å². The van der Waals surface area contributed by atoms with Crippen molar-refractivity contribution >= 4 is 23.5 Å². The van der Waals surface area contributed by atoms with Crippen molar-refractivity contribution in [2.45, 2.75) is 18.2 Å². The Morgan fingerprint density at radius 2 is 2.11 bits per heavy atom. The van der Waals surface area contributed by atoms with Gasteiger partial charge in [-0.05, 0) is 6.42 Å². The Morgan fingerprint density at radius 3 is 2.22 bits per heavy atom. The number of rotatable bonds is 3. The van der Waals surface area contributed by atoms with Crippen LogP contribution >= 0.6 is 23.5 Å². The van der Waals surface area contributed by atoms with Crippen LogP contribution in [0.15, 0.2) is 0 Å². The van der Waals surface area contributed by atoms with E-state index in [0.29, 0.717) is 0 Å². The fourth-order valence-electron chi connectivity index (χ4n) is 0.387. The Morgan fingerprint density at radius 1 is 1.67 bits per heavy atom. The lowest BCUT2D eigenvalue weighted by Gasteiger charge is -2.06. The quantitative estimate of drug-likeness (QED) is 0.553. The first-order valence-corrected chi connectivity index (χ1v) is 5.35. The van der Waals surface area contributed by atoms with E-state index in [0.717, 1.165) is 6.42 Å². The molecule has 0 amide bonds. The van der Waals surface area contributed by atoms with Gasteiger partial charge in [0.05, 0.1) is 6.16 Å². The first-order chi connectivity index (χ1) is 3.95. The smallest absolute Gasteiger partial charge is 0.324 e. The highest BCUT2D eigenvalue weighted by Crippen LogP contribution is 2.37. The molecule has 0 fully saturated rings. The van der Waals surface area contributed by atoms with Crippen molar-refractivity contribution in [1.29, 1.82) is 0 Å². The summed E-state index contributed by atoms with van der Waals surface area (Å²) in [7, 11) is -3.79. The second-order valence-corrected chi connectivity index (χ2v) is 4.84. The Bertz CT molecular complexity index is 121. The maximum atomic E-state index is 10.3. The molecule has 1 atom stereocenters. The third-order valence-corrected chi connectivity index (χ3v) is 3.27. The molecule has 56 valence electrons. The van der Waals surface area contributed by atoms with E-state index in [9.17, 15) is 4.57 Å². The zero-order valence-electron chi connectivity index (χ0n) is 5.12. The molecule has 5 heteroatoms. The Kier molecular flexibility index (Phi) is 3.97. The van der Waals surface area contributed by atoms with Crippen molar-refractivity contribution in [2.75, 3.05) is 6.16 Å². The molecule has 1 unspecified atom stereocenters. The van der Waals surface area contributed by atoms with E-state index in [4.69, 9.17) is 9.79 Å². The van der Waals surface area contributed by atoms with Crippen molar-refractivity contribution in [3.63, 3.8) is 0 Å². The summed E-state index contributed by atoms with van der Waals surface area (Å²) < 4.78 is 10.3. The highest BCUT2D eigenvalue weighted by Gasteiger charge is 2.17. The predicted octanol–water partition coefficient (Wildman–Crippen LogP) is 1.34. The van der Waals surface area contributed by atoms with Crippen molar-refractivity contribution in [3.05, 3.63) is 0 Å². The van der Waals surface area contributed by atoms with Crippen LogP contribution in [0.5, 0.6) is 0 Å². The van der Waals surface area contributed by atoms with Crippen molar-refractivity contribution < 1.29 is 14.4 Å². The summed E-state index contributed by atoms with van der Waals surface area (Å²) in [5, 5.41) is 0. The third-order valence-electron chi connectivity index (χ3n) is 0.879. The van der Waals surface area contributed by atoms with Gasteiger partial charge in [0, 0.05) is 4.83 Å². The molecule has 0 aromatic rings. The van der Waals surface area contributed by atoms with Gasteiger partial charge in [-0.25, -0.2) is 0 Å². The molecule has 0 rings (SSSR count). The van der Waals surface area contributed by atoms with Crippen molar-refractivity contribution in [3.8, 4) is 0 Å². The molecule has 0 bridgehead atoms. The van der Waals surface area contributed by atoms with Crippen LogP contribution in [0.2, 0.25) is 0 Å². The van der Waals surface area contributed by atoms with Crippen LogP contribution < -0.4 is 0 Å². The highest BCUT2D eigenvalue weighted by molar-refractivity contribution is 9.09. The minimum absolute atomic E-state index is 0.0571. The van der Waals surface area contributed by atoms with Gasteiger partial charge in [-0.3, -0.25) is 4.57 Å². The molecule has 0 aliphatic heterocycles. The van der Waals surface area contributed by atoms with E-state index in [-0.39, 0.29) is 11.0 Å². The third kappa shape index (κ3) is 6.52. The SMILES string of the molecule is CCC(Br)CP(=O)(O)O. The fraction of sp³-hybridized carbons (Fsp3) is 1.00. The number of alkyl halides is 1. The van der Waals surface area contributed by atoms with Crippen molar-refractivity contribution in [2.24, 2.45) is 0 Å². The van der Waals surface area contributed by atoms with Gasteiger partial charge in [-0.15, -0.1) is 0 Å². The number of hydrogen-bond acceptors (Lipinski definition) is 1. The molecule has 0 aliphatic carbocycles. The van der Waals surface area contributed by atoms with E-state index in [1.807, 2.05) is 6.92 Å². The first-order valence-electron chi connectivity index (χ1n) is 2.64. The molecule has 0 saturated carbocycles. The van der Waals surface area contributed by atoms with Crippen LogP contribution in [0.25, 0.3) is 0 Å². The normalized spacial score (nSPS) is 15.6. The van der Waals surface area contributed by atoms with Gasteiger partial charge in [0.25, 0.3) is 0 Å². The average molecular weight is 217 g/mol. The second kappa shape index (κ2) is 3.71. The van der Waals surface area contributed by atoms with Crippen LogP contribution in [-0.2, 0) is 4.57 Å². The molecule has 0 radical (unpaired) electrons. The number of halogens is 1. The summed E-state index contributed by atoms with van der Waals surface area (Å²) in [5.74, 6) is 0. The predicted molar refractivity (Wildman–Crippen MR) is 39.9 cm³/mol. The molecule has 0 aliphatic rings. The lowest BCUT2D eigenvalue weighted by Crippen LogP contribution is -2.02. The lowest BCUT2D eigenvalue weighted by atomic mass is 10.4. The summed E-state index contributed by atoms with van der Waals surface area (Å²) in [4.78, 5) is 16.7. The molecule has 2 N–H and O–H groups in total. The van der Waals surface area contributed by atoms with Gasteiger partial charge in [-0.2, -0.15) is 0 Å². The second-order valence-electron chi connectivity index (χ2n) is 1.85. The largest absolute Gasteiger partial charge is 0.326 e. The lowest BCUT2D eigenvalue weighted by molar-refractivity contribution is 0.372. The first kappa shape index (κ1) is 9.63. The summed E-state index contributed by atoms with van der Waals surface area (Å²) in [6.45, 7) is 1.87. The van der Waals surface area contributed by atoms with Crippen LogP contribution in [0.3, 0.4) is 0 Å². The van der Waals surface area contributed by atoms with Gasteiger partial charge >= 0.3 is 7.60 Å². The van der Waals surface area contributed by atoms with Crippen LogP contribution in [0, 0.1) is 0 Å². The monoisotopic (exact) mass is 216 g/mol. The van der Waals surface area contributed by atoms with E-state index in [2.05, 4.69) is 15.9 Å². The van der Waals surface area contributed by atoms with Gasteiger partial charge in [0.2, 0.25) is 0 Å². The summed E-state index contributed by atoms with van der Waals surface area (Å²) >= 11 is 3.12. The van der Waals surface area contributed by atoms with Crippen LogP contribution in [0.4, 0.5) is 0 Å². The molecule has 0 spiro atoms. The summed E-state index contributed by atoms with van der Waals surface area (Å²) in [6.07, 6.45) is 0.675.